The predicted octanol–water partition coefficient (Wildman–Crippen LogP) is 6.23. The van der Waals surface area contributed by atoms with Crippen molar-refractivity contribution < 1.29 is 30.7 Å². The maximum atomic E-state index is 14.6. The molecule has 4 aromatic rings. The van der Waals surface area contributed by atoms with Gasteiger partial charge in [0.2, 0.25) is 0 Å². The molecule has 4 rings (SSSR count). The van der Waals surface area contributed by atoms with Crippen molar-refractivity contribution in [2.24, 2.45) is 0 Å². The van der Waals surface area contributed by atoms with Gasteiger partial charge in [0.05, 0.1) is 5.52 Å². The Labute approximate surface area is 169 Å². The molecule has 0 spiro atoms. The van der Waals surface area contributed by atoms with Crippen LogP contribution >= 0.6 is 0 Å². The molecule has 0 bridgehead atoms. The van der Waals surface area contributed by atoms with Crippen molar-refractivity contribution in [3.05, 3.63) is 99.8 Å². The fraction of sp³-hybridized carbons (Fsp3) is 0.0455. The SMILES string of the molecule is O=c1cc(-c2ccccc2)c2ccccc2n1-c1c(F)c(F)c(C(F)(F)F)c(F)c1F. The number of rotatable bonds is 2. The first-order valence-corrected chi connectivity index (χ1v) is 8.76. The molecule has 0 atom stereocenters. The van der Waals surface area contributed by atoms with Gasteiger partial charge in [-0.25, -0.2) is 17.6 Å². The molecule has 9 heteroatoms. The van der Waals surface area contributed by atoms with E-state index in [4.69, 9.17) is 0 Å². The van der Waals surface area contributed by atoms with Crippen LogP contribution in [0.2, 0.25) is 0 Å². The molecule has 0 radical (unpaired) electrons. The van der Waals surface area contributed by atoms with E-state index in [2.05, 4.69) is 0 Å². The number of benzene rings is 3. The lowest BCUT2D eigenvalue weighted by molar-refractivity contribution is -0.143. The van der Waals surface area contributed by atoms with Crippen molar-refractivity contribution in [3.8, 4) is 16.8 Å². The monoisotopic (exact) mass is 437 g/mol. The van der Waals surface area contributed by atoms with E-state index in [0.717, 1.165) is 6.07 Å². The van der Waals surface area contributed by atoms with Gasteiger partial charge in [-0.3, -0.25) is 9.36 Å². The zero-order chi connectivity index (χ0) is 22.5. The van der Waals surface area contributed by atoms with Crippen LogP contribution in [0, 0.1) is 23.3 Å². The van der Waals surface area contributed by atoms with Crippen molar-refractivity contribution in [1.82, 2.24) is 4.57 Å². The molecule has 3 aromatic carbocycles. The van der Waals surface area contributed by atoms with Gasteiger partial charge < -0.3 is 0 Å². The topological polar surface area (TPSA) is 22.0 Å². The highest BCUT2D eigenvalue weighted by atomic mass is 19.4. The van der Waals surface area contributed by atoms with E-state index in [1.54, 1.807) is 36.4 Å². The average Bonchev–Trinajstić information content (AvgIpc) is 2.73. The van der Waals surface area contributed by atoms with Crippen molar-refractivity contribution in [3.63, 3.8) is 0 Å². The minimum atomic E-state index is -5.68. The van der Waals surface area contributed by atoms with Crippen LogP contribution in [0.4, 0.5) is 30.7 Å². The Morgan fingerprint density at radius 1 is 0.710 bits per heavy atom. The van der Waals surface area contributed by atoms with Crippen LogP contribution in [0.25, 0.3) is 27.7 Å². The molecule has 0 unspecified atom stereocenters. The van der Waals surface area contributed by atoms with Gasteiger partial charge in [-0.2, -0.15) is 13.2 Å². The van der Waals surface area contributed by atoms with Crippen LogP contribution in [-0.4, -0.2) is 4.57 Å². The summed E-state index contributed by atoms with van der Waals surface area (Å²) in [6.45, 7) is 0. The van der Waals surface area contributed by atoms with Crippen LogP contribution < -0.4 is 5.56 Å². The number of alkyl halides is 3. The summed E-state index contributed by atoms with van der Waals surface area (Å²) in [7, 11) is 0. The van der Waals surface area contributed by atoms with Gasteiger partial charge in [0.15, 0.2) is 23.3 Å². The predicted molar refractivity (Wildman–Crippen MR) is 99.8 cm³/mol. The first kappa shape index (κ1) is 20.6. The van der Waals surface area contributed by atoms with E-state index in [1.807, 2.05) is 0 Å². The fourth-order valence-electron chi connectivity index (χ4n) is 3.43. The van der Waals surface area contributed by atoms with Crippen molar-refractivity contribution in [1.29, 1.82) is 0 Å². The second-order valence-corrected chi connectivity index (χ2v) is 6.59. The van der Waals surface area contributed by atoms with Crippen LogP contribution in [0.3, 0.4) is 0 Å². The van der Waals surface area contributed by atoms with E-state index in [1.165, 1.54) is 18.2 Å². The molecule has 0 N–H and O–H groups in total. The number of pyridine rings is 1. The molecule has 0 aliphatic carbocycles. The van der Waals surface area contributed by atoms with Crippen LogP contribution in [0.5, 0.6) is 0 Å². The highest BCUT2D eigenvalue weighted by molar-refractivity contribution is 5.95. The Morgan fingerprint density at radius 2 is 1.26 bits per heavy atom. The largest absolute Gasteiger partial charge is 0.422 e. The highest BCUT2D eigenvalue weighted by Gasteiger charge is 2.42. The Bertz CT molecular complexity index is 1350. The number of para-hydroxylation sites is 1. The molecule has 1 aromatic heterocycles. The Kier molecular flexibility index (Phi) is 4.83. The zero-order valence-corrected chi connectivity index (χ0v) is 15.3. The molecular weight excluding hydrogens is 427 g/mol. The van der Waals surface area contributed by atoms with Gasteiger partial charge in [0, 0.05) is 11.5 Å². The number of nitrogens with zero attached hydrogens (tertiary/aromatic N) is 1. The summed E-state index contributed by atoms with van der Waals surface area (Å²) in [5, 5.41) is 0.285. The Hall–Kier alpha value is -3.62. The van der Waals surface area contributed by atoms with E-state index >= 15 is 0 Å². The molecule has 0 saturated carbocycles. The first-order valence-electron chi connectivity index (χ1n) is 8.76. The summed E-state index contributed by atoms with van der Waals surface area (Å²) in [5.41, 5.74) is -4.56. The maximum Gasteiger partial charge on any atom is 0.422 e. The van der Waals surface area contributed by atoms with E-state index < -0.39 is 46.3 Å². The lowest BCUT2D eigenvalue weighted by Crippen LogP contribution is -2.24. The molecule has 158 valence electrons. The summed E-state index contributed by atoms with van der Waals surface area (Å²) in [4.78, 5) is 12.8. The van der Waals surface area contributed by atoms with Gasteiger partial charge in [-0.05, 0) is 17.2 Å². The van der Waals surface area contributed by atoms with Crippen LogP contribution in [-0.2, 0) is 6.18 Å². The molecule has 0 saturated heterocycles. The summed E-state index contributed by atoms with van der Waals surface area (Å²) >= 11 is 0. The van der Waals surface area contributed by atoms with E-state index in [9.17, 15) is 35.5 Å². The fourth-order valence-corrected chi connectivity index (χ4v) is 3.43. The molecule has 2 nitrogen and oxygen atoms in total. The van der Waals surface area contributed by atoms with Gasteiger partial charge in [-0.1, -0.05) is 48.5 Å². The van der Waals surface area contributed by atoms with Gasteiger partial charge >= 0.3 is 6.18 Å². The smallest absolute Gasteiger partial charge is 0.271 e. The lowest BCUT2D eigenvalue weighted by Gasteiger charge is -2.18. The molecule has 31 heavy (non-hydrogen) atoms. The molecule has 1 heterocycles. The summed E-state index contributed by atoms with van der Waals surface area (Å²) in [6, 6.07) is 15.2. The van der Waals surface area contributed by atoms with Gasteiger partial charge in [-0.15, -0.1) is 0 Å². The standard InChI is InChI=1S/C22H10F7NO/c23-17-16(22(27,28)29)18(24)20(26)21(19(17)25)30-14-9-5-4-8-12(14)13(10-15(30)31)11-6-2-1-3-7-11/h1-10H. The minimum Gasteiger partial charge on any atom is -0.271 e. The van der Waals surface area contributed by atoms with Crippen molar-refractivity contribution >= 4 is 10.9 Å². The molecule has 0 aliphatic heterocycles. The molecular formula is C22H10F7NO. The normalized spacial score (nSPS) is 11.8. The lowest BCUT2D eigenvalue weighted by atomic mass is 10.0. The quantitative estimate of drug-likeness (QED) is 0.269. The Morgan fingerprint density at radius 3 is 1.84 bits per heavy atom. The summed E-state index contributed by atoms with van der Waals surface area (Å²) in [5.74, 6) is -9.93. The van der Waals surface area contributed by atoms with Crippen LogP contribution in [0.15, 0.2) is 65.5 Å². The maximum absolute atomic E-state index is 14.6. The third kappa shape index (κ3) is 3.26. The van der Waals surface area contributed by atoms with E-state index in [-0.39, 0.29) is 10.9 Å². The van der Waals surface area contributed by atoms with Crippen molar-refractivity contribution in [2.75, 3.05) is 0 Å². The van der Waals surface area contributed by atoms with Crippen LogP contribution in [0.1, 0.15) is 5.56 Å². The van der Waals surface area contributed by atoms with E-state index in [0.29, 0.717) is 15.7 Å². The first-order chi connectivity index (χ1) is 14.6. The summed E-state index contributed by atoms with van der Waals surface area (Å²) < 4.78 is 96.5. The number of aromatic nitrogens is 1. The van der Waals surface area contributed by atoms with Crippen molar-refractivity contribution in [2.45, 2.75) is 6.18 Å². The Balaban J connectivity index is 2.13. The molecule has 0 aliphatic rings. The highest BCUT2D eigenvalue weighted by Crippen LogP contribution is 2.38. The van der Waals surface area contributed by atoms with Gasteiger partial charge in [0.1, 0.15) is 11.3 Å². The molecule has 0 fully saturated rings. The number of fused-ring (bicyclic) bond motifs is 1. The third-order valence-corrected chi connectivity index (χ3v) is 4.76. The number of hydrogen-bond acceptors (Lipinski definition) is 1. The average molecular weight is 437 g/mol. The number of hydrogen-bond donors (Lipinski definition) is 0. The zero-order valence-electron chi connectivity index (χ0n) is 15.3. The molecule has 0 amide bonds. The minimum absolute atomic E-state index is 0.148. The number of halogens is 7. The second-order valence-electron chi connectivity index (χ2n) is 6.59. The third-order valence-electron chi connectivity index (χ3n) is 4.76. The second kappa shape index (κ2) is 7.26. The summed E-state index contributed by atoms with van der Waals surface area (Å²) in [6.07, 6.45) is -5.68. The van der Waals surface area contributed by atoms with Gasteiger partial charge in [0.25, 0.3) is 5.56 Å².